The highest BCUT2D eigenvalue weighted by molar-refractivity contribution is 5.54. The van der Waals surface area contributed by atoms with E-state index >= 15 is 0 Å². The maximum absolute atomic E-state index is 10.4. The standard InChI is InChI=1S/C13H18O2/c1-9-8-10(2)12(6-5-7-14)13(15-4)11(9)3/h7-8H,5-6H2,1-4H3. The average molecular weight is 206 g/mol. The number of benzene rings is 1. The summed E-state index contributed by atoms with van der Waals surface area (Å²) in [5.74, 6) is 0.939. The lowest BCUT2D eigenvalue weighted by molar-refractivity contribution is -0.107. The van der Waals surface area contributed by atoms with Gasteiger partial charge in [0.05, 0.1) is 7.11 Å². The van der Waals surface area contributed by atoms with E-state index in [0.717, 1.165) is 24.0 Å². The minimum atomic E-state index is 0.555. The zero-order valence-electron chi connectivity index (χ0n) is 9.89. The van der Waals surface area contributed by atoms with Crippen molar-refractivity contribution in [1.82, 2.24) is 0 Å². The topological polar surface area (TPSA) is 26.3 Å². The van der Waals surface area contributed by atoms with Gasteiger partial charge in [0.15, 0.2) is 0 Å². The third kappa shape index (κ3) is 2.38. The number of methoxy groups -OCH3 is 1. The van der Waals surface area contributed by atoms with Gasteiger partial charge in [0.1, 0.15) is 12.0 Å². The minimum Gasteiger partial charge on any atom is -0.496 e. The Morgan fingerprint density at radius 3 is 2.47 bits per heavy atom. The maximum atomic E-state index is 10.4. The summed E-state index contributed by atoms with van der Waals surface area (Å²) < 4.78 is 5.42. The normalized spacial score (nSPS) is 10.1. The maximum Gasteiger partial charge on any atom is 0.125 e. The highest BCUT2D eigenvalue weighted by atomic mass is 16.5. The Balaban J connectivity index is 3.22. The predicted molar refractivity (Wildman–Crippen MR) is 61.6 cm³/mol. The van der Waals surface area contributed by atoms with E-state index in [9.17, 15) is 4.79 Å². The SMILES string of the molecule is COc1c(C)c(C)cc(C)c1CCC=O. The summed E-state index contributed by atoms with van der Waals surface area (Å²) in [6, 6.07) is 2.15. The van der Waals surface area contributed by atoms with Crippen LogP contribution in [0.4, 0.5) is 0 Å². The molecule has 15 heavy (non-hydrogen) atoms. The van der Waals surface area contributed by atoms with Gasteiger partial charge in [0, 0.05) is 6.42 Å². The minimum absolute atomic E-state index is 0.555. The van der Waals surface area contributed by atoms with Crippen molar-refractivity contribution in [3.05, 3.63) is 28.3 Å². The van der Waals surface area contributed by atoms with Crippen LogP contribution < -0.4 is 4.74 Å². The van der Waals surface area contributed by atoms with E-state index in [1.54, 1.807) is 7.11 Å². The molecule has 0 saturated heterocycles. The fourth-order valence-electron chi connectivity index (χ4n) is 1.89. The van der Waals surface area contributed by atoms with Gasteiger partial charge in [-0.15, -0.1) is 0 Å². The first kappa shape index (κ1) is 11.8. The van der Waals surface area contributed by atoms with Crippen molar-refractivity contribution < 1.29 is 9.53 Å². The molecule has 0 spiro atoms. The zero-order chi connectivity index (χ0) is 11.4. The molecular weight excluding hydrogens is 188 g/mol. The van der Waals surface area contributed by atoms with Crippen LogP contribution in [0.5, 0.6) is 5.75 Å². The molecule has 0 radical (unpaired) electrons. The smallest absolute Gasteiger partial charge is 0.125 e. The van der Waals surface area contributed by atoms with Crippen LogP contribution >= 0.6 is 0 Å². The molecule has 1 rings (SSSR count). The molecule has 0 unspecified atom stereocenters. The van der Waals surface area contributed by atoms with Crippen molar-refractivity contribution >= 4 is 6.29 Å². The number of carbonyl (C=O) groups is 1. The first-order chi connectivity index (χ1) is 7.11. The molecule has 0 atom stereocenters. The number of aryl methyl sites for hydroxylation is 2. The first-order valence-electron chi connectivity index (χ1n) is 5.19. The number of hydrogen-bond donors (Lipinski definition) is 0. The highest BCUT2D eigenvalue weighted by Gasteiger charge is 2.11. The second-order valence-electron chi connectivity index (χ2n) is 3.85. The molecule has 82 valence electrons. The lowest BCUT2D eigenvalue weighted by Gasteiger charge is -2.15. The van der Waals surface area contributed by atoms with Crippen molar-refractivity contribution in [1.29, 1.82) is 0 Å². The molecule has 0 fully saturated rings. The van der Waals surface area contributed by atoms with Gasteiger partial charge in [-0.1, -0.05) is 6.07 Å². The summed E-state index contributed by atoms with van der Waals surface area (Å²) in [5, 5.41) is 0. The van der Waals surface area contributed by atoms with Gasteiger partial charge in [-0.05, 0) is 49.4 Å². The van der Waals surface area contributed by atoms with E-state index < -0.39 is 0 Å². The van der Waals surface area contributed by atoms with Crippen LogP contribution in [0.3, 0.4) is 0 Å². The van der Waals surface area contributed by atoms with Crippen LogP contribution in [0.25, 0.3) is 0 Å². The van der Waals surface area contributed by atoms with Gasteiger partial charge in [0.25, 0.3) is 0 Å². The Morgan fingerprint density at radius 1 is 1.27 bits per heavy atom. The highest BCUT2D eigenvalue weighted by Crippen LogP contribution is 2.30. The van der Waals surface area contributed by atoms with Gasteiger partial charge < -0.3 is 9.53 Å². The third-order valence-corrected chi connectivity index (χ3v) is 2.83. The molecule has 0 aliphatic rings. The molecule has 0 aliphatic heterocycles. The second-order valence-corrected chi connectivity index (χ2v) is 3.85. The molecule has 0 saturated carbocycles. The Labute approximate surface area is 91.3 Å². The number of rotatable bonds is 4. The summed E-state index contributed by atoms with van der Waals surface area (Å²) in [5.41, 5.74) is 4.77. The van der Waals surface area contributed by atoms with Gasteiger partial charge in [-0.25, -0.2) is 0 Å². The van der Waals surface area contributed by atoms with E-state index in [0.29, 0.717) is 6.42 Å². The van der Waals surface area contributed by atoms with E-state index in [4.69, 9.17) is 4.74 Å². The Hall–Kier alpha value is -1.31. The van der Waals surface area contributed by atoms with Gasteiger partial charge in [-0.3, -0.25) is 0 Å². The van der Waals surface area contributed by atoms with Crippen LogP contribution in [0.2, 0.25) is 0 Å². The Bertz CT molecular complexity index is 367. The van der Waals surface area contributed by atoms with Crippen LogP contribution in [0.15, 0.2) is 6.07 Å². The first-order valence-corrected chi connectivity index (χ1v) is 5.19. The fraction of sp³-hybridized carbons (Fsp3) is 0.462. The lowest BCUT2D eigenvalue weighted by Crippen LogP contribution is -2.00. The number of aldehydes is 1. The molecule has 0 aromatic heterocycles. The van der Waals surface area contributed by atoms with Crippen LogP contribution in [0.1, 0.15) is 28.7 Å². The largest absolute Gasteiger partial charge is 0.496 e. The van der Waals surface area contributed by atoms with E-state index in [1.807, 2.05) is 0 Å². The summed E-state index contributed by atoms with van der Waals surface area (Å²) in [4.78, 5) is 10.4. The lowest BCUT2D eigenvalue weighted by atomic mass is 9.96. The van der Waals surface area contributed by atoms with Crippen LogP contribution in [-0.2, 0) is 11.2 Å². The summed E-state index contributed by atoms with van der Waals surface area (Å²) in [6.45, 7) is 6.20. The van der Waals surface area contributed by atoms with Gasteiger partial charge >= 0.3 is 0 Å². The molecule has 0 bridgehead atoms. The summed E-state index contributed by atoms with van der Waals surface area (Å²) in [7, 11) is 1.69. The number of hydrogen-bond acceptors (Lipinski definition) is 2. The third-order valence-electron chi connectivity index (χ3n) is 2.83. The number of ether oxygens (including phenoxy) is 1. The molecule has 0 amide bonds. The van der Waals surface area contributed by atoms with Gasteiger partial charge in [0.2, 0.25) is 0 Å². The van der Waals surface area contributed by atoms with Gasteiger partial charge in [-0.2, -0.15) is 0 Å². The molecule has 0 N–H and O–H groups in total. The van der Waals surface area contributed by atoms with Crippen molar-refractivity contribution in [3.8, 4) is 5.75 Å². The van der Waals surface area contributed by atoms with E-state index in [1.165, 1.54) is 16.7 Å². The van der Waals surface area contributed by atoms with Crippen molar-refractivity contribution in [2.24, 2.45) is 0 Å². The summed E-state index contributed by atoms with van der Waals surface area (Å²) >= 11 is 0. The molecule has 0 aliphatic carbocycles. The molecule has 2 nitrogen and oxygen atoms in total. The average Bonchev–Trinajstić information content (AvgIpc) is 2.21. The second kappa shape index (κ2) is 4.96. The van der Waals surface area contributed by atoms with E-state index in [2.05, 4.69) is 26.8 Å². The van der Waals surface area contributed by atoms with Crippen molar-refractivity contribution in [2.75, 3.05) is 7.11 Å². The fourth-order valence-corrected chi connectivity index (χ4v) is 1.89. The Morgan fingerprint density at radius 2 is 1.93 bits per heavy atom. The van der Waals surface area contributed by atoms with Crippen LogP contribution in [-0.4, -0.2) is 13.4 Å². The molecule has 2 heteroatoms. The van der Waals surface area contributed by atoms with E-state index in [-0.39, 0.29) is 0 Å². The monoisotopic (exact) mass is 206 g/mol. The Kier molecular flexibility index (Phi) is 3.89. The predicted octanol–water partition coefficient (Wildman–Crippen LogP) is 2.75. The molecular formula is C13H18O2. The van der Waals surface area contributed by atoms with Crippen LogP contribution in [0, 0.1) is 20.8 Å². The number of carbonyl (C=O) groups excluding carboxylic acids is 1. The summed E-state index contributed by atoms with van der Waals surface area (Å²) in [6.07, 6.45) is 2.27. The molecule has 1 aromatic carbocycles. The van der Waals surface area contributed by atoms with Crippen molar-refractivity contribution in [3.63, 3.8) is 0 Å². The molecule has 0 heterocycles. The van der Waals surface area contributed by atoms with Crippen molar-refractivity contribution in [2.45, 2.75) is 33.6 Å². The molecule has 1 aromatic rings. The zero-order valence-corrected chi connectivity index (χ0v) is 9.89. The quantitative estimate of drug-likeness (QED) is 0.708.